The van der Waals surface area contributed by atoms with Gasteiger partial charge in [0, 0.05) is 32.2 Å². The van der Waals surface area contributed by atoms with Gasteiger partial charge in [-0.15, -0.1) is 0 Å². The van der Waals surface area contributed by atoms with Crippen LogP contribution >= 0.6 is 0 Å². The SMILES string of the molecule is CN(CCn1cccn1)S(=O)(=O)c1cnn(CC(=O)O)c1. The van der Waals surface area contributed by atoms with Crippen molar-refractivity contribution in [3.8, 4) is 0 Å². The number of likely N-dealkylation sites (N-methyl/N-ethyl adjacent to an activating group) is 1. The molecule has 0 aliphatic heterocycles. The minimum atomic E-state index is -3.69. The van der Waals surface area contributed by atoms with Crippen LogP contribution in [-0.2, 0) is 27.9 Å². The first-order chi connectivity index (χ1) is 9.89. The van der Waals surface area contributed by atoms with Gasteiger partial charge in [0.25, 0.3) is 0 Å². The Morgan fingerprint density at radius 3 is 2.76 bits per heavy atom. The van der Waals surface area contributed by atoms with E-state index >= 15 is 0 Å². The average Bonchev–Trinajstić information content (AvgIpc) is 3.06. The molecule has 2 rings (SSSR count). The third-order valence-electron chi connectivity index (χ3n) is 2.82. The first kappa shape index (κ1) is 15.2. The van der Waals surface area contributed by atoms with E-state index in [0.29, 0.717) is 6.54 Å². The summed E-state index contributed by atoms with van der Waals surface area (Å²) < 4.78 is 28.4. The zero-order valence-electron chi connectivity index (χ0n) is 11.3. The minimum absolute atomic E-state index is 0.0354. The highest BCUT2D eigenvalue weighted by Crippen LogP contribution is 2.13. The summed E-state index contributed by atoms with van der Waals surface area (Å²) in [5.41, 5.74) is 0. The molecule has 9 nitrogen and oxygen atoms in total. The standard InChI is InChI=1S/C11H15N5O4S/c1-14(5-6-15-4-2-3-12-15)21(19,20)10-7-13-16(8-10)9-11(17)18/h2-4,7-8H,5-6,9H2,1H3,(H,17,18). The lowest BCUT2D eigenvalue weighted by atomic mass is 10.6. The molecule has 0 saturated carbocycles. The third kappa shape index (κ3) is 3.67. The lowest BCUT2D eigenvalue weighted by Gasteiger charge is -2.15. The van der Waals surface area contributed by atoms with E-state index in [4.69, 9.17) is 5.11 Å². The van der Waals surface area contributed by atoms with Crippen molar-refractivity contribution in [3.63, 3.8) is 0 Å². The highest BCUT2D eigenvalue weighted by atomic mass is 32.2. The van der Waals surface area contributed by atoms with Crippen LogP contribution in [-0.4, -0.2) is 57.0 Å². The molecule has 0 aromatic carbocycles. The van der Waals surface area contributed by atoms with E-state index in [9.17, 15) is 13.2 Å². The van der Waals surface area contributed by atoms with Crippen LogP contribution in [0.25, 0.3) is 0 Å². The predicted molar refractivity (Wildman–Crippen MR) is 71.9 cm³/mol. The van der Waals surface area contributed by atoms with E-state index < -0.39 is 16.0 Å². The Morgan fingerprint density at radius 2 is 2.14 bits per heavy atom. The third-order valence-corrected chi connectivity index (χ3v) is 4.63. The summed E-state index contributed by atoms with van der Waals surface area (Å²) in [6.07, 6.45) is 5.70. The Bertz CT molecular complexity index is 707. The van der Waals surface area contributed by atoms with E-state index in [1.807, 2.05) is 0 Å². The molecule has 2 heterocycles. The summed E-state index contributed by atoms with van der Waals surface area (Å²) in [5.74, 6) is -1.09. The summed E-state index contributed by atoms with van der Waals surface area (Å²) in [6, 6.07) is 1.75. The number of carboxylic acid groups (broad SMARTS) is 1. The lowest BCUT2D eigenvalue weighted by molar-refractivity contribution is -0.137. The van der Waals surface area contributed by atoms with Gasteiger partial charge in [0.05, 0.1) is 12.7 Å². The van der Waals surface area contributed by atoms with Crippen LogP contribution in [0, 0.1) is 0 Å². The van der Waals surface area contributed by atoms with Gasteiger partial charge < -0.3 is 5.11 Å². The molecule has 0 fully saturated rings. The molecular formula is C11H15N5O4S. The lowest BCUT2D eigenvalue weighted by Crippen LogP contribution is -2.30. The number of rotatable bonds is 7. The van der Waals surface area contributed by atoms with Gasteiger partial charge in [-0.3, -0.25) is 14.2 Å². The molecule has 0 amide bonds. The van der Waals surface area contributed by atoms with Crippen molar-refractivity contribution in [2.75, 3.05) is 13.6 Å². The quantitative estimate of drug-likeness (QED) is 0.737. The Hall–Kier alpha value is -2.20. The zero-order valence-corrected chi connectivity index (χ0v) is 12.1. The number of aromatic nitrogens is 4. The summed E-state index contributed by atoms with van der Waals surface area (Å²) in [5, 5.41) is 16.4. The normalized spacial score (nSPS) is 11.9. The molecule has 10 heteroatoms. The summed E-state index contributed by atoms with van der Waals surface area (Å²) in [6.45, 7) is 0.284. The Kier molecular flexibility index (Phi) is 4.38. The van der Waals surface area contributed by atoms with E-state index in [1.54, 1.807) is 23.1 Å². The van der Waals surface area contributed by atoms with Gasteiger partial charge >= 0.3 is 5.97 Å². The fourth-order valence-corrected chi connectivity index (χ4v) is 2.80. The van der Waals surface area contributed by atoms with Gasteiger partial charge in [0.15, 0.2) is 0 Å². The van der Waals surface area contributed by atoms with Crippen molar-refractivity contribution in [2.45, 2.75) is 18.0 Å². The maximum atomic E-state index is 12.3. The number of nitrogens with zero attached hydrogens (tertiary/aromatic N) is 5. The highest BCUT2D eigenvalue weighted by Gasteiger charge is 2.22. The minimum Gasteiger partial charge on any atom is -0.480 e. The van der Waals surface area contributed by atoms with Crippen LogP contribution in [0.4, 0.5) is 0 Å². The summed E-state index contributed by atoms with van der Waals surface area (Å²) in [7, 11) is -2.24. The van der Waals surface area contributed by atoms with Gasteiger partial charge in [-0.05, 0) is 6.07 Å². The van der Waals surface area contributed by atoms with E-state index in [2.05, 4.69) is 10.2 Å². The predicted octanol–water partition coefficient (Wildman–Crippen LogP) is -0.515. The number of carboxylic acids is 1. The van der Waals surface area contributed by atoms with Crippen molar-refractivity contribution in [1.29, 1.82) is 0 Å². The molecule has 114 valence electrons. The molecule has 2 aromatic rings. The second kappa shape index (κ2) is 6.06. The molecule has 2 aromatic heterocycles. The number of sulfonamides is 1. The largest absolute Gasteiger partial charge is 0.480 e. The van der Waals surface area contributed by atoms with Gasteiger partial charge in [-0.2, -0.15) is 14.5 Å². The fourth-order valence-electron chi connectivity index (χ4n) is 1.68. The molecule has 0 bridgehead atoms. The molecule has 1 N–H and O–H groups in total. The fraction of sp³-hybridized carbons (Fsp3) is 0.364. The van der Waals surface area contributed by atoms with Crippen LogP contribution in [0.3, 0.4) is 0 Å². The highest BCUT2D eigenvalue weighted by molar-refractivity contribution is 7.89. The number of aliphatic carboxylic acids is 1. The van der Waals surface area contributed by atoms with Crippen molar-refractivity contribution in [2.24, 2.45) is 0 Å². The molecule has 0 radical (unpaired) electrons. The van der Waals surface area contributed by atoms with Crippen molar-refractivity contribution >= 4 is 16.0 Å². The average molecular weight is 313 g/mol. The van der Waals surface area contributed by atoms with Gasteiger partial charge in [0.1, 0.15) is 11.4 Å². The Balaban J connectivity index is 2.05. The van der Waals surface area contributed by atoms with Crippen LogP contribution in [0.15, 0.2) is 35.7 Å². The second-order valence-corrected chi connectivity index (χ2v) is 6.41. The van der Waals surface area contributed by atoms with E-state index in [0.717, 1.165) is 10.9 Å². The number of hydrogen-bond donors (Lipinski definition) is 1. The number of hydrogen-bond acceptors (Lipinski definition) is 5. The molecule has 0 aliphatic rings. The van der Waals surface area contributed by atoms with Gasteiger partial charge in [0.2, 0.25) is 10.0 Å². The maximum Gasteiger partial charge on any atom is 0.325 e. The van der Waals surface area contributed by atoms with Crippen LogP contribution in [0.2, 0.25) is 0 Å². The first-order valence-electron chi connectivity index (χ1n) is 6.07. The molecule has 0 spiro atoms. The Labute approximate surface area is 121 Å². The smallest absolute Gasteiger partial charge is 0.325 e. The topological polar surface area (TPSA) is 110 Å². The molecule has 21 heavy (non-hydrogen) atoms. The zero-order chi connectivity index (χ0) is 15.5. The van der Waals surface area contributed by atoms with Crippen LogP contribution in [0.5, 0.6) is 0 Å². The Morgan fingerprint density at radius 1 is 1.38 bits per heavy atom. The van der Waals surface area contributed by atoms with Crippen molar-refractivity contribution < 1.29 is 18.3 Å². The first-order valence-corrected chi connectivity index (χ1v) is 7.51. The van der Waals surface area contributed by atoms with Crippen LogP contribution < -0.4 is 0 Å². The number of carbonyl (C=O) groups is 1. The molecule has 0 aliphatic carbocycles. The van der Waals surface area contributed by atoms with Gasteiger partial charge in [-0.1, -0.05) is 0 Å². The van der Waals surface area contributed by atoms with Crippen molar-refractivity contribution in [1.82, 2.24) is 23.9 Å². The maximum absolute atomic E-state index is 12.3. The summed E-state index contributed by atoms with van der Waals surface area (Å²) in [4.78, 5) is 10.5. The van der Waals surface area contributed by atoms with E-state index in [-0.39, 0.29) is 18.0 Å². The molecule has 0 atom stereocenters. The molecular weight excluding hydrogens is 298 g/mol. The van der Waals surface area contributed by atoms with Crippen LogP contribution in [0.1, 0.15) is 0 Å². The van der Waals surface area contributed by atoms with E-state index in [1.165, 1.54) is 17.5 Å². The van der Waals surface area contributed by atoms with Crippen molar-refractivity contribution in [3.05, 3.63) is 30.9 Å². The molecule has 0 saturated heterocycles. The summed E-state index contributed by atoms with van der Waals surface area (Å²) >= 11 is 0. The molecule has 0 unspecified atom stereocenters. The van der Waals surface area contributed by atoms with Gasteiger partial charge in [-0.25, -0.2) is 8.42 Å². The second-order valence-electron chi connectivity index (χ2n) is 4.36. The monoisotopic (exact) mass is 313 g/mol.